The Labute approximate surface area is 193 Å². The van der Waals surface area contributed by atoms with Crippen molar-refractivity contribution in [3.63, 3.8) is 0 Å². The number of nitrogens with one attached hydrogen (secondary N) is 1. The molecule has 13 heteroatoms. The van der Waals surface area contributed by atoms with Crippen molar-refractivity contribution in [2.45, 2.75) is 45.0 Å². The highest BCUT2D eigenvalue weighted by Gasteiger charge is 2.39. The van der Waals surface area contributed by atoms with Gasteiger partial charge in [0.05, 0.1) is 5.56 Å². The second-order valence-electron chi connectivity index (χ2n) is 7.87. The number of benzene rings is 2. The molecule has 0 fully saturated rings. The SMILES string of the molecule is C[C@H](Oc1cc(-n2nc3n(c2=O)CCCC3)c(F)cc1C(=O)Nc1c(F)cccc1F)C(F)(F)F. The molecule has 0 saturated heterocycles. The minimum Gasteiger partial charge on any atom is -0.480 e. The zero-order valence-electron chi connectivity index (χ0n) is 18.1. The van der Waals surface area contributed by atoms with E-state index in [9.17, 15) is 31.5 Å². The number of carbonyl (C=O) groups excluding carboxylic acids is 1. The number of halogens is 6. The minimum atomic E-state index is -4.86. The van der Waals surface area contributed by atoms with Crippen LogP contribution in [0.15, 0.2) is 35.1 Å². The third kappa shape index (κ3) is 4.75. The van der Waals surface area contributed by atoms with Gasteiger partial charge in [0.2, 0.25) is 0 Å². The highest BCUT2D eigenvalue weighted by Crippen LogP contribution is 2.31. The summed E-state index contributed by atoms with van der Waals surface area (Å²) in [6.45, 7) is 1.00. The van der Waals surface area contributed by atoms with E-state index in [1.54, 1.807) is 0 Å². The van der Waals surface area contributed by atoms with Gasteiger partial charge in [0.25, 0.3) is 5.91 Å². The zero-order chi connectivity index (χ0) is 25.5. The minimum absolute atomic E-state index is 0.346. The van der Waals surface area contributed by atoms with Crippen LogP contribution < -0.4 is 15.7 Å². The molecule has 0 radical (unpaired) electrons. The predicted molar refractivity (Wildman–Crippen MR) is 111 cm³/mol. The number of anilines is 1. The fraction of sp³-hybridized carbons (Fsp3) is 0.318. The molecule has 3 aromatic rings. The van der Waals surface area contributed by atoms with Crippen molar-refractivity contribution in [2.24, 2.45) is 0 Å². The van der Waals surface area contributed by atoms with E-state index >= 15 is 4.39 Å². The Balaban J connectivity index is 1.81. The number of alkyl halides is 3. The van der Waals surface area contributed by atoms with Crippen LogP contribution in [0, 0.1) is 17.5 Å². The number of carbonyl (C=O) groups is 1. The number of ether oxygens (including phenoxy) is 1. The average Bonchev–Trinajstić information content (AvgIpc) is 3.13. The third-order valence-corrected chi connectivity index (χ3v) is 5.46. The van der Waals surface area contributed by atoms with Crippen molar-refractivity contribution >= 4 is 11.6 Å². The van der Waals surface area contributed by atoms with Crippen molar-refractivity contribution in [1.29, 1.82) is 0 Å². The number of nitrogens with zero attached hydrogens (tertiary/aromatic N) is 3. The molecule has 0 aliphatic carbocycles. The van der Waals surface area contributed by atoms with Crippen molar-refractivity contribution < 1.29 is 35.9 Å². The number of amides is 1. The molecule has 1 aliphatic rings. The molecule has 2 aromatic carbocycles. The number of aryl methyl sites for hydroxylation is 1. The smallest absolute Gasteiger partial charge is 0.425 e. The molecule has 186 valence electrons. The first kappa shape index (κ1) is 24.4. The summed E-state index contributed by atoms with van der Waals surface area (Å²) in [6, 6.07) is 3.98. The van der Waals surface area contributed by atoms with Crippen LogP contribution in [0.3, 0.4) is 0 Å². The quantitative estimate of drug-likeness (QED) is 0.528. The van der Waals surface area contributed by atoms with Gasteiger partial charge in [0, 0.05) is 19.0 Å². The third-order valence-electron chi connectivity index (χ3n) is 5.46. The number of hydrogen-bond donors (Lipinski definition) is 1. The van der Waals surface area contributed by atoms with E-state index in [2.05, 4.69) is 5.10 Å². The molecule has 0 unspecified atom stereocenters. The number of rotatable bonds is 5. The van der Waals surface area contributed by atoms with Gasteiger partial charge in [-0.15, -0.1) is 5.10 Å². The Kier molecular flexibility index (Phi) is 6.34. The van der Waals surface area contributed by atoms with E-state index in [0.717, 1.165) is 30.7 Å². The van der Waals surface area contributed by atoms with Gasteiger partial charge >= 0.3 is 11.9 Å². The second kappa shape index (κ2) is 9.12. The van der Waals surface area contributed by atoms with Crippen LogP contribution in [0.1, 0.15) is 35.9 Å². The van der Waals surface area contributed by atoms with E-state index in [-0.39, 0.29) is 0 Å². The lowest BCUT2D eigenvalue weighted by molar-refractivity contribution is -0.189. The number of para-hydroxylation sites is 1. The van der Waals surface area contributed by atoms with E-state index in [4.69, 9.17) is 4.74 Å². The van der Waals surface area contributed by atoms with Gasteiger partial charge < -0.3 is 10.1 Å². The van der Waals surface area contributed by atoms with Crippen LogP contribution in [0.2, 0.25) is 0 Å². The normalized spacial score (nSPS) is 14.4. The first-order chi connectivity index (χ1) is 16.5. The van der Waals surface area contributed by atoms with Crippen molar-refractivity contribution in [3.05, 3.63) is 69.7 Å². The molecule has 7 nitrogen and oxygen atoms in total. The number of hydrogen-bond acceptors (Lipinski definition) is 4. The van der Waals surface area contributed by atoms with Crippen LogP contribution in [-0.2, 0) is 13.0 Å². The van der Waals surface area contributed by atoms with Crippen molar-refractivity contribution in [3.8, 4) is 11.4 Å². The van der Waals surface area contributed by atoms with Crippen LogP contribution in [0.4, 0.5) is 32.0 Å². The number of aromatic nitrogens is 3. The standard InChI is InChI=1S/C22H18F6N4O3/c1-11(22(26,27)28)35-17-10-16(32-21(34)31-8-3-2-7-18(31)30-32)15(25)9-12(17)20(33)29-19-13(23)5-4-6-14(19)24/h4-6,9-11H,2-3,7-8H2,1H3,(H,29,33)/t11-/m0/s1. The lowest BCUT2D eigenvalue weighted by Gasteiger charge is -2.20. The summed E-state index contributed by atoms with van der Waals surface area (Å²) in [4.78, 5) is 25.4. The van der Waals surface area contributed by atoms with Gasteiger partial charge in [-0.2, -0.15) is 17.9 Å². The van der Waals surface area contributed by atoms with Crippen LogP contribution in [0.5, 0.6) is 5.75 Å². The van der Waals surface area contributed by atoms with E-state index in [1.165, 1.54) is 4.57 Å². The molecule has 4 rings (SSSR count). The summed E-state index contributed by atoms with van der Waals surface area (Å²) < 4.78 is 89.4. The molecule has 1 atom stereocenters. The largest absolute Gasteiger partial charge is 0.480 e. The topological polar surface area (TPSA) is 78.2 Å². The molecule has 35 heavy (non-hydrogen) atoms. The molecular weight excluding hydrogens is 482 g/mol. The lowest BCUT2D eigenvalue weighted by Crippen LogP contribution is -2.32. The molecule has 0 bridgehead atoms. The van der Waals surface area contributed by atoms with E-state index in [1.807, 2.05) is 5.32 Å². The molecule has 1 aliphatic heterocycles. The van der Waals surface area contributed by atoms with Gasteiger partial charge in [0.1, 0.15) is 40.4 Å². The summed E-state index contributed by atoms with van der Waals surface area (Å²) in [7, 11) is 0. The molecule has 1 aromatic heterocycles. The molecule has 0 saturated carbocycles. The van der Waals surface area contributed by atoms with E-state index in [0.29, 0.717) is 42.9 Å². The predicted octanol–water partition coefficient (Wildman–Crippen LogP) is 4.37. The maximum Gasteiger partial charge on any atom is 0.425 e. The Morgan fingerprint density at radius 1 is 1.11 bits per heavy atom. The fourth-order valence-electron chi connectivity index (χ4n) is 3.59. The van der Waals surface area contributed by atoms with Crippen LogP contribution in [-0.4, -0.2) is 32.5 Å². The van der Waals surface area contributed by atoms with Gasteiger partial charge in [-0.1, -0.05) is 6.07 Å². The van der Waals surface area contributed by atoms with Gasteiger partial charge in [-0.05, 0) is 38.0 Å². The van der Waals surface area contributed by atoms with E-state index < -0.39 is 64.0 Å². The molecule has 1 N–H and O–H groups in total. The van der Waals surface area contributed by atoms with Crippen LogP contribution >= 0.6 is 0 Å². The molecule has 1 amide bonds. The van der Waals surface area contributed by atoms with Crippen LogP contribution in [0.25, 0.3) is 5.69 Å². The molecule has 0 spiro atoms. The van der Waals surface area contributed by atoms with Gasteiger partial charge in [0.15, 0.2) is 6.10 Å². The fourth-order valence-corrected chi connectivity index (χ4v) is 3.59. The Morgan fingerprint density at radius 3 is 2.43 bits per heavy atom. The molecular formula is C22H18F6N4O3. The monoisotopic (exact) mass is 500 g/mol. The Bertz CT molecular complexity index is 1330. The maximum atomic E-state index is 15.1. The summed E-state index contributed by atoms with van der Waals surface area (Å²) in [5.41, 5.74) is -2.91. The highest BCUT2D eigenvalue weighted by atomic mass is 19.4. The van der Waals surface area contributed by atoms with Crippen molar-refractivity contribution in [2.75, 3.05) is 5.32 Å². The summed E-state index contributed by atoms with van der Waals surface area (Å²) in [5.74, 6) is -5.22. The number of fused-ring (bicyclic) bond motifs is 1. The summed E-state index contributed by atoms with van der Waals surface area (Å²) in [5, 5.41) is 5.95. The Morgan fingerprint density at radius 2 is 1.80 bits per heavy atom. The molecule has 2 heterocycles. The van der Waals surface area contributed by atoms with Crippen molar-refractivity contribution in [1.82, 2.24) is 14.3 Å². The Hall–Kier alpha value is -3.77. The first-order valence-corrected chi connectivity index (χ1v) is 10.5. The average molecular weight is 500 g/mol. The zero-order valence-corrected chi connectivity index (χ0v) is 18.1. The van der Waals surface area contributed by atoms with Gasteiger partial charge in [-0.25, -0.2) is 18.0 Å². The maximum absolute atomic E-state index is 15.1. The highest BCUT2D eigenvalue weighted by molar-refractivity contribution is 6.06. The van der Waals surface area contributed by atoms with Gasteiger partial charge in [-0.3, -0.25) is 9.36 Å². The lowest BCUT2D eigenvalue weighted by atomic mass is 10.1. The summed E-state index contributed by atoms with van der Waals surface area (Å²) in [6.07, 6.45) is -5.39. The second-order valence-corrected chi connectivity index (χ2v) is 7.87. The first-order valence-electron chi connectivity index (χ1n) is 10.5. The summed E-state index contributed by atoms with van der Waals surface area (Å²) >= 11 is 0.